The summed E-state index contributed by atoms with van der Waals surface area (Å²) in [7, 11) is 0. The summed E-state index contributed by atoms with van der Waals surface area (Å²) in [5.41, 5.74) is 2.03. The Hall–Kier alpha value is -0.770. The molecule has 1 saturated carbocycles. The second-order valence-corrected chi connectivity index (χ2v) is 5.57. The fourth-order valence-electron chi connectivity index (χ4n) is 2.74. The monoisotopic (exact) mass is 298 g/mol. The minimum absolute atomic E-state index is 0.370. The van der Waals surface area contributed by atoms with E-state index in [0.29, 0.717) is 18.0 Å². The fraction of sp³-hybridized carbons (Fsp3) is 0.500. The van der Waals surface area contributed by atoms with Crippen LogP contribution in [-0.2, 0) is 10.6 Å². The molecule has 0 bridgehead atoms. The standard InChI is InChI=1S/C14H16Cl2N2O/c1-2-19-11-6-10(7-11)18-13-5-9(16)3-4-12(13)17-14(18)8-15/h3-5,10-11H,2,6-8H2,1H3. The highest BCUT2D eigenvalue weighted by Crippen LogP contribution is 2.38. The predicted octanol–water partition coefficient (Wildman–Crippen LogP) is 4.17. The zero-order valence-electron chi connectivity index (χ0n) is 10.8. The number of hydrogen-bond donors (Lipinski definition) is 0. The molecule has 1 aliphatic carbocycles. The number of fused-ring (bicyclic) bond motifs is 1. The van der Waals surface area contributed by atoms with Crippen LogP contribution in [0.25, 0.3) is 11.0 Å². The summed E-state index contributed by atoms with van der Waals surface area (Å²) in [6.07, 6.45) is 2.42. The number of nitrogens with zero attached hydrogens (tertiary/aromatic N) is 2. The lowest BCUT2D eigenvalue weighted by atomic mass is 9.88. The summed E-state index contributed by atoms with van der Waals surface area (Å²) in [5, 5.41) is 0.732. The van der Waals surface area contributed by atoms with Gasteiger partial charge < -0.3 is 9.30 Å². The van der Waals surface area contributed by atoms with Gasteiger partial charge in [-0.25, -0.2) is 4.98 Å². The van der Waals surface area contributed by atoms with Crippen molar-refractivity contribution in [2.24, 2.45) is 0 Å². The van der Waals surface area contributed by atoms with Gasteiger partial charge >= 0.3 is 0 Å². The Kier molecular flexibility index (Phi) is 3.70. The zero-order valence-corrected chi connectivity index (χ0v) is 12.3. The van der Waals surface area contributed by atoms with E-state index in [1.165, 1.54) is 0 Å². The number of aromatic nitrogens is 2. The Bertz CT molecular complexity index is 590. The van der Waals surface area contributed by atoms with Gasteiger partial charge in [-0.3, -0.25) is 0 Å². The summed E-state index contributed by atoms with van der Waals surface area (Å²) >= 11 is 12.1. The second-order valence-electron chi connectivity index (χ2n) is 4.87. The summed E-state index contributed by atoms with van der Waals surface area (Å²) < 4.78 is 7.85. The molecule has 19 heavy (non-hydrogen) atoms. The van der Waals surface area contributed by atoms with Gasteiger partial charge in [0, 0.05) is 17.7 Å². The highest BCUT2D eigenvalue weighted by molar-refractivity contribution is 6.31. The van der Waals surface area contributed by atoms with Crippen molar-refractivity contribution in [3.05, 3.63) is 29.0 Å². The maximum absolute atomic E-state index is 6.09. The van der Waals surface area contributed by atoms with E-state index in [-0.39, 0.29) is 0 Å². The van der Waals surface area contributed by atoms with Crippen LogP contribution in [0.1, 0.15) is 31.6 Å². The lowest BCUT2D eigenvalue weighted by molar-refractivity contribution is -0.0192. The van der Waals surface area contributed by atoms with Crippen LogP contribution in [0, 0.1) is 0 Å². The third-order valence-corrected chi connectivity index (χ3v) is 4.16. The van der Waals surface area contributed by atoms with Crippen LogP contribution in [0.2, 0.25) is 5.02 Å². The minimum Gasteiger partial charge on any atom is -0.378 e. The number of halogens is 2. The molecule has 0 atom stereocenters. The first-order chi connectivity index (χ1) is 9.22. The molecule has 1 aliphatic rings. The van der Waals surface area contributed by atoms with Crippen molar-refractivity contribution in [1.82, 2.24) is 9.55 Å². The highest BCUT2D eigenvalue weighted by atomic mass is 35.5. The molecule has 0 N–H and O–H groups in total. The van der Waals surface area contributed by atoms with Crippen molar-refractivity contribution in [1.29, 1.82) is 0 Å². The van der Waals surface area contributed by atoms with Crippen molar-refractivity contribution in [3.63, 3.8) is 0 Å². The van der Waals surface area contributed by atoms with Crippen LogP contribution >= 0.6 is 23.2 Å². The van der Waals surface area contributed by atoms with E-state index in [2.05, 4.69) is 9.55 Å². The lowest BCUT2D eigenvalue weighted by Crippen LogP contribution is -2.34. The van der Waals surface area contributed by atoms with Crippen LogP contribution in [0.4, 0.5) is 0 Å². The average Bonchev–Trinajstić information content (AvgIpc) is 2.71. The largest absolute Gasteiger partial charge is 0.378 e. The van der Waals surface area contributed by atoms with Gasteiger partial charge in [0.05, 0.1) is 23.0 Å². The van der Waals surface area contributed by atoms with Gasteiger partial charge in [0.2, 0.25) is 0 Å². The average molecular weight is 299 g/mol. The SMILES string of the molecule is CCOC1CC(n2c(CCl)nc3ccc(Cl)cc32)C1. The second kappa shape index (κ2) is 5.31. The fourth-order valence-corrected chi connectivity index (χ4v) is 3.09. The number of ether oxygens (including phenoxy) is 1. The van der Waals surface area contributed by atoms with Gasteiger partial charge in [-0.1, -0.05) is 11.6 Å². The zero-order chi connectivity index (χ0) is 13.4. The Balaban J connectivity index is 1.95. The maximum Gasteiger partial charge on any atom is 0.125 e. The third kappa shape index (κ3) is 2.35. The number of hydrogen-bond acceptors (Lipinski definition) is 2. The van der Waals surface area contributed by atoms with Crippen LogP contribution < -0.4 is 0 Å². The van der Waals surface area contributed by atoms with Gasteiger partial charge in [0.1, 0.15) is 5.82 Å². The van der Waals surface area contributed by atoms with Gasteiger partial charge in [-0.05, 0) is 38.0 Å². The van der Waals surface area contributed by atoms with Crippen LogP contribution in [0.3, 0.4) is 0 Å². The van der Waals surface area contributed by atoms with Crippen LogP contribution in [0.5, 0.6) is 0 Å². The summed E-state index contributed by atoms with van der Waals surface area (Å²) in [5.74, 6) is 1.33. The molecule has 0 amide bonds. The molecule has 102 valence electrons. The quantitative estimate of drug-likeness (QED) is 0.792. The first-order valence-corrected chi connectivity index (χ1v) is 7.48. The smallest absolute Gasteiger partial charge is 0.125 e. The van der Waals surface area contributed by atoms with E-state index < -0.39 is 0 Å². The van der Waals surface area contributed by atoms with Gasteiger partial charge in [0.15, 0.2) is 0 Å². The topological polar surface area (TPSA) is 27.1 Å². The molecular formula is C14H16Cl2N2O. The van der Waals surface area contributed by atoms with Crippen molar-refractivity contribution < 1.29 is 4.74 Å². The molecule has 1 fully saturated rings. The van der Waals surface area contributed by atoms with E-state index in [4.69, 9.17) is 27.9 Å². The van der Waals surface area contributed by atoms with Crippen LogP contribution in [0.15, 0.2) is 18.2 Å². The molecule has 1 aromatic heterocycles. The maximum atomic E-state index is 6.09. The third-order valence-electron chi connectivity index (χ3n) is 3.68. The Morgan fingerprint density at radius 2 is 2.21 bits per heavy atom. The molecule has 1 heterocycles. The lowest BCUT2D eigenvalue weighted by Gasteiger charge is -2.36. The summed E-state index contributed by atoms with van der Waals surface area (Å²) in [4.78, 5) is 4.58. The number of imidazole rings is 1. The van der Waals surface area contributed by atoms with E-state index in [9.17, 15) is 0 Å². The summed E-state index contributed by atoms with van der Waals surface area (Å²) in [6.45, 7) is 2.81. The minimum atomic E-state index is 0.370. The van der Waals surface area contributed by atoms with Gasteiger partial charge in [-0.2, -0.15) is 0 Å². The normalized spacial score (nSPS) is 22.7. The highest BCUT2D eigenvalue weighted by Gasteiger charge is 2.33. The van der Waals surface area contributed by atoms with E-state index in [0.717, 1.165) is 41.3 Å². The molecular weight excluding hydrogens is 283 g/mol. The molecule has 3 rings (SSSR count). The van der Waals surface area contributed by atoms with E-state index in [1.54, 1.807) is 0 Å². The molecule has 2 aromatic rings. The van der Waals surface area contributed by atoms with Crippen molar-refractivity contribution >= 4 is 34.2 Å². The van der Waals surface area contributed by atoms with Crippen LogP contribution in [-0.4, -0.2) is 22.3 Å². The van der Waals surface area contributed by atoms with E-state index >= 15 is 0 Å². The van der Waals surface area contributed by atoms with Gasteiger partial charge in [0.25, 0.3) is 0 Å². The number of benzene rings is 1. The number of rotatable bonds is 4. The Labute approximate surface area is 122 Å². The number of alkyl halides is 1. The molecule has 0 spiro atoms. The molecule has 0 unspecified atom stereocenters. The Morgan fingerprint density at radius 3 is 2.89 bits per heavy atom. The summed E-state index contributed by atoms with van der Waals surface area (Å²) in [6, 6.07) is 6.20. The van der Waals surface area contributed by atoms with E-state index in [1.807, 2.05) is 25.1 Å². The van der Waals surface area contributed by atoms with Crippen molar-refractivity contribution in [3.8, 4) is 0 Å². The Morgan fingerprint density at radius 1 is 1.42 bits per heavy atom. The molecule has 3 nitrogen and oxygen atoms in total. The molecule has 0 aliphatic heterocycles. The van der Waals surface area contributed by atoms with Crippen molar-refractivity contribution in [2.45, 2.75) is 37.8 Å². The first-order valence-electron chi connectivity index (χ1n) is 6.56. The van der Waals surface area contributed by atoms with Crippen molar-refractivity contribution in [2.75, 3.05) is 6.61 Å². The van der Waals surface area contributed by atoms with Gasteiger partial charge in [-0.15, -0.1) is 11.6 Å². The molecule has 1 aromatic carbocycles. The predicted molar refractivity (Wildman–Crippen MR) is 78.0 cm³/mol. The first kappa shape index (κ1) is 13.2. The molecule has 0 saturated heterocycles. The molecule has 0 radical (unpaired) electrons. The molecule has 5 heteroatoms.